The predicted molar refractivity (Wildman–Crippen MR) is 98.7 cm³/mol. The molecule has 1 saturated heterocycles. The van der Waals surface area contributed by atoms with Crippen molar-refractivity contribution in [1.82, 2.24) is 10.2 Å². The molecule has 0 aliphatic carbocycles. The van der Waals surface area contributed by atoms with E-state index in [1.165, 1.54) is 17.7 Å². The highest BCUT2D eigenvalue weighted by Gasteiger charge is 2.43. The van der Waals surface area contributed by atoms with Gasteiger partial charge in [-0.05, 0) is 42.6 Å². The molecule has 1 unspecified atom stereocenters. The number of nitrogens with zero attached hydrogens (tertiary/aromatic N) is 1. The third-order valence-corrected chi connectivity index (χ3v) is 5.13. The molecule has 0 radical (unpaired) electrons. The van der Waals surface area contributed by atoms with Crippen LogP contribution in [0.5, 0.6) is 0 Å². The summed E-state index contributed by atoms with van der Waals surface area (Å²) in [5, 5.41) is 12.3. The molecule has 4 nitrogen and oxygen atoms in total. The predicted octanol–water partition coefficient (Wildman–Crippen LogP) is 2.86. The van der Waals surface area contributed by atoms with Gasteiger partial charge in [0.25, 0.3) is 0 Å². The molecule has 0 spiro atoms. The molecule has 0 bridgehead atoms. The van der Waals surface area contributed by atoms with Crippen LogP contribution in [0.1, 0.15) is 24.0 Å². The number of halogens is 2. The minimum atomic E-state index is -0.685. The van der Waals surface area contributed by atoms with Crippen LogP contribution in [0.25, 0.3) is 0 Å². The van der Waals surface area contributed by atoms with Gasteiger partial charge in [0.05, 0.1) is 5.41 Å². The molecule has 2 aromatic rings. The maximum Gasteiger partial charge on any atom is 0.227 e. The van der Waals surface area contributed by atoms with E-state index < -0.39 is 17.0 Å². The van der Waals surface area contributed by atoms with E-state index in [-0.39, 0.29) is 19.1 Å². The summed E-state index contributed by atoms with van der Waals surface area (Å²) in [6.07, 6.45) is 1.01. The Labute approximate surface area is 157 Å². The largest absolute Gasteiger partial charge is 0.396 e. The lowest BCUT2D eigenvalue weighted by atomic mass is 9.82. The minimum Gasteiger partial charge on any atom is -0.396 e. The molecule has 0 saturated carbocycles. The Kier molecular flexibility index (Phi) is 6.19. The summed E-state index contributed by atoms with van der Waals surface area (Å²) in [6, 6.07) is 13.2. The molecule has 1 amide bonds. The van der Waals surface area contributed by atoms with Crippen molar-refractivity contribution in [3.8, 4) is 0 Å². The van der Waals surface area contributed by atoms with Crippen LogP contribution >= 0.6 is 0 Å². The number of rotatable bonds is 7. The fraction of sp³-hybridized carbons (Fsp3) is 0.381. The van der Waals surface area contributed by atoms with Gasteiger partial charge in [0, 0.05) is 32.3 Å². The lowest BCUT2D eigenvalue weighted by Gasteiger charge is -2.28. The molecule has 1 aliphatic rings. The summed E-state index contributed by atoms with van der Waals surface area (Å²) in [5.41, 5.74) is 0.863. The summed E-state index contributed by atoms with van der Waals surface area (Å²) < 4.78 is 26.6. The maximum absolute atomic E-state index is 13.3. The van der Waals surface area contributed by atoms with Gasteiger partial charge >= 0.3 is 0 Å². The second kappa shape index (κ2) is 8.59. The second-order valence-electron chi connectivity index (χ2n) is 7.16. The summed E-state index contributed by atoms with van der Waals surface area (Å²) >= 11 is 0. The van der Waals surface area contributed by atoms with Gasteiger partial charge in [-0.2, -0.15) is 0 Å². The van der Waals surface area contributed by atoms with Gasteiger partial charge in [-0.25, -0.2) is 8.78 Å². The lowest BCUT2D eigenvalue weighted by molar-refractivity contribution is -0.131. The number of carbonyl (C=O) groups is 1. The number of aliphatic hydroxyl groups is 1. The third-order valence-electron chi connectivity index (χ3n) is 5.13. The highest BCUT2D eigenvalue weighted by molar-refractivity contribution is 5.83. The number of hydrogen-bond donors (Lipinski definition) is 2. The molecule has 0 aromatic heterocycles. The summed E-state index contributed by atoms with van der Waals surface area (Å²) in [5.74, 6) is -1.52. The van der Waals surface area contributed by atoms with E-state index in [1.807, 2.05) is 30.3 Å². The van der Waals surface area contributed by atoms with E-state index in [0.29, 0.717) is 24.9 Å². The van der Waals surface area contributed by atoms with Gasteiger partial charge in [-0.1, -0.05) is 30.3 Å². The first kappa shape index (κ1) is 19.5. The van der Waals surface area contributed by atoms with Crippen LogP contribution in [0, 0.1) is 17.0 Å². The molecular formula is C21H24F2N2O2. The fourth-order valence-corrected chi connectivity index (χ4v) is 3.73. The van der Waals surface area contributed by atoms with Crippen molar-refractivity contribution >= 4 is 5.91 Å². The number of carbonyl (C=O) groups excluding carboxylic acids is 1. The van der Waals surface area contributed by atoms with E-state index in [0.717, 1.165) is 19.2 Å². The first-order chi connectivity index (χ1) is 13.0. The molecule has 1 aliphatic heterocycles. The number of likely N-dealkylation sites (tertiary alicyclic amines) is 1. The van der Waals surface area contributed by atoms with Crippen LogP contribution in [0.3, 0.4) is 0 Å². The van der Waals surface area contributed by atoms with Crippen molar-refractivity contribution in [1.29, 1.82) is 0 Å². The highest BCUT2D eigenvalue weighted by Crippen LogP contribution is 2.35. The van der Waals surface area contributed by atoms with Crippen LogP contribution in [0.15, 0.2) is 48.5 Å². The van der Waals surface area contributed by atoms with E-state index in [2.05, 4.69) is 10.2 Å². The Bertz CT molecular complexity index is 765. The molecule has 27 heavy (non-hydrogen) atoms. The second-order valence-corrected chi connectivity index (χ2v) is 7.16. The number of hydrogen-bond acceptors (Lipinski definition) is 3. The zero-order chi connectivity index (χ0) is 19.3. The normalized spacial score (nSPS) is 20.0. The smallest absolute Gasteiger partial charge is 0.227 e. The topological polar surface area (TPSA) is 52.6 Å². The molecule has 1 heterocycles. The minimum absolute atomic E-state index is 0.0549. The van der Waals surface area contributed by atoms with E-state index in [9.17, 15) is 18.7 Å². The Morgan fingerprint density at radius 2 is 1.81 bits per heavy atom. The number of nitrogens with one attached hydrogen (secondary N) is 1. The molecule has 3 rings (SSSR count). The quantitative estimate of drug-likeness (QED) is 0.784. The summed E-state index contributed by atoms with van der Waals surface area (Å²) in [4.78, 5) is 15.1. The van der Waals surface area contributed by atoms with Gasteiger partial charge in [0.15, 0.2) is 0 Å². The molecule has 1 fully saturated rings. The number of benzene rings is 2. The SMILES string of the molecule is O=C(NCc1cc(F)cc(F)c1)C1(CCO)CCN(Cc2ccccc2)C1. The molecule has 2 aromatic carbocycles. The van der Waals surface area contributed by atoms with E-state index in [1.54, 1.807) is 0 Å². The zero-order valence-electron chi connectivity index (χ0n) is 15.1. The van der Waals surface area contributed by atoms with Crippen LogP contribution in [-0.4, -0.2) is 35.6 Å². The number of aliphatic hydroxyl groups excluding tert-OH is 1. The van der Waals surface area contributed by atoms with Crippen LogP contribution < -0.4 is 5.32 Å². The van der Waals surface area contributed by atoms with Crippen molar-refractivity contribution < 1.29 is 18.7 Å². The average Bonchev–Trinajstić information content (AvgIpc) is 3.04. The number of amides is 1. The average molecular weight is 374 g/mol. The van der Waals surface area contributed by atoms with Crippen LogP contribution in [0.4, 0.5) is 8.78 Å². The Balaban J connectivity index is 1.64. The first-order valence-corrected chi connectivity index (χ1v) is 9.11. The van der Waals surface area contributed by atoms with Gasteiger partial charge in [0.2, 0.25) is 5.91 Å². The monoisotopic (exact) mass is 374 g/mol. The van der Waals surface area contributed by atoms with Crippen molar-refractivity contribution in [2.75, 3.05) is 19.7 Å². The highest BCUT2D eigenvalue weighted by atomic mass is 19.1. The third kappa shape index (κ3) is 4.90. The first-order valence-electron chi connectivity index (χ1n) is 9.11. The standard InChI is InChI=1S/C21H24F2N2O2/c22-18-10-17(11-19(23)12-18)13-24-20(27)21(7-9-26)6-8-25(15-21)14-16-4-2-1-3-5-16/h1-5,10-12,26H,6-9,13-15H2,(H,24,27). The molecule has 1 atom stereocenters. The fourth-order valence-electron chi connectivity index (χ4n) is 3.73. The zero-order valence-corrected chi connectivity index (χ0v) is 15.1. The molecule has 6 heteroatoms. The summed E-state index contributed by atoms with van der Waals surface area (Å²) in [7, 11) is 0. The van der Waals surface area contributed by atoms with Gasteiger partial charge in [-0.15, -0.1) is 0 Å². The summed E-state index contributed by atoms with van der Waals surface area (Å²) in [6.45, 7) is 2.03. The lowest BCUT2D eigenvalue weighted by Crippen LogP contribution is -2.43. The Hall–Kier alpha value is -2.31. The Morgan fingerprint density at radius 3 is 2.48 bits per heavy atom. The van der Waals surface area contributed by atoms with Crippen molar-refractivity contribution in [3.63, 3.8) is 0 Å². The van der Waals surface area contributed by atoms with E-state index in [4.69, 9.17) is 0 Å². The van der Waals surface area contributed by atoms with Gasteiger partial charge < -0.3 is 10.4 Å². The van der Waals surface area contributed by atoms with Crippen molar-refractivity contribution in [2.24, 2.45) is 5.41 Å². The van der Waals surface area contributed by atoms with E-state index >= 15 is 0 Å². The van der Waals surface area contributed by atoms with Gasteiger partial charge in [0.1, 0.15) is 11.6 Å². The van der Waals surface area contributed by atoms with Gasteiger partial charge in [-0.3, -0.25) is 9.69 Å². The molecule has 2 N–H and O–H groups in total. The van der Waals surface area contributed by atoms with Crippen LogP contribution in [-0.2, 0) is 17.9 Å². The molecule has 144 valence electrons. The van der Waals surface area contributed by atoms with Crippen molar-refractivity contribution in [3.05, 3.63) is 71.3 Å². The molecular weight excluding hydrogens is 350 g/mol. The Morgan fingerprint density at radius 1 is 1.11 bits per heavy atom. The van der Waals surface area contributed by atoms with Crippen LogP contribution in [0.2, 0.25) is 0 Å². The van der Waals surface area contributed by atoms with Crippen molar-refractivity contribution in [2.45, 2.75) is 25.9 Å². The maximum atomic E-state index is 13.3.